The summed E-state index contributed by atoms with van der Waals surface area (Å²) in [5.41, 5.74) is 2.93. The number of nitrogens with zero attached hydrogens (tertiary/aromatic N) is 1. The number of aromatic nitrogens is 1. The van der Waals surface area contributed by atoms with Crippen LogP contribution in [0.2, 0.25) is 5.02 Å². The molecule has 1 aliphatic rings. The average Bonchev–Trinajstić information content (AvgIpc) is 2.47. The zero-order valence-corrected chi connectivity index (χ0v) is 11.9. The van der Waals surface area contributed by atoms with Crippen molar-refractivity contribution in [2.75, 3.05) is 18.5 Å². The maximum Gasteiger partial charge on any atom is 0.163 e. The topological polar surface area (TPSA) is 43.4 Å². The number of hydrogen-bond donors (Lipinski definition) is 1. The zero-order chi connectivity index (χ0) is 13.9. The Balaban J connectivity index is 1.75. The minimum absolute atomic E-state index is 0.561. The van der Waals surface area contributed by atoms with Gasteiger partial charge in [0.25, 0.3) is 0 Å². The fraction of sp³-hybridized carbons (Fsp3) is 0.267. The van der Waals surface area contributed by atoms with Crippen molar-refractivity contribution < 1.29 is 9.47 Å². The maximum absolute atomic E-state index is 6.24. The van der Waals surface area contributed by atoms with Gasteiger partial charge in [0.2, 0.25) is 0 Å². The van der Waals surface area contributed by atoms with E-state index in [0.29, 0.717) is 30.5 Å². The molecule has 2 heterocycles. The van der Waals surface area contributed by atoms with Gasteiger partial charge in [-0.3, -0.25) is 4.98 Å². The highest BCUT2D eigenvalue weighted by Crippen LogP contribution is 2.38. The number of pyridine rings is 1. The molecular formula is C15H15ClN2O2. The Labute approximate surface area is 122 Å². The molecule has 3 rings (SSSR count). The second-order valence-corrected chi connectivity index (χ2v) is 5.04. The summed E-state index contributed by atoms with van der Waals surface area (Å²) in [5, 5.41) is 3.91. The smallest absolute Gasteiger partial charge is 0.163 e. The standard InChI is InChI=1S/C15H15ClN2O2/c1-10-2-3-11(8-17-10)9-18-13-7-15-14(6-12(13)16)19-4-5-20-15/h2-3,6-8,18H,4-5,9H2,1H3. The summed E-state index contributed by atoms with van der Waals surface area (Å²) in [4.78, 5) is 4.27. The van der Waals surface area contributed by atoms with Crippen LogP contribution >= 0.6 is 11.6 Å². The van der Waals surface area contributed by atoms with E-state index in [-0.39, 0.29) is 0 Å². The maximum atomic E-state index is 6.24. The first-order valence-corrected chi connectivity index (χ1v) is 6.85. The van der Waals surface area contributed by atoms with Crippen molar-refractivity contribution in [1.82, 2.24) is 4.98 Å². The molecule has 0 fully saturated rings. The van der Waals surface area contributed by atoms with Crippen LogP contribution in [-0.2, 0) is 6.54 Å². The molecule has 1 N–H and O–H groups in total. The first-order valence-electron chi connectivity index (χ1n) is 6.47. The van der Waals surface area contributed by atoms with E-state index >= 15 is 0 Å². The molecule has 1 aliphatic heterocycles. The normalized spacial score (nSPS) is 13.1. The Morgan fingerprint density at radius 3 is 2.65 bits per heavy atom. The van der Waals surface area contributed by atoms with Crippen LogP contribution in [-0.4, -0.2) is 18.2 Å². The van der Waals surface area contributed by atoms with Crippen molar-refractivity contribution in [2.24, 2.45) is 0 Å². The predicted molar refractivity (Wildman–Crippen MR) is 78.7 cm³/mol. The molecule has 2 aromatic rings. The summed E-state index contributed by atoms with van der Waals surface area (Å²) in [6.45, 7) is 3.75. The van der Waals surface area contributed by atoms with Crippen LogP contribution < -0.4 is 14.8 Å². The molecule has 0 radical (unpaired) electrons. The number of nitrogens with one attached hydrogen (secondary N) is 1. The van der Waals surface area contributed by atoms with Crippen LogP contribution in [0.25, 0.3) is 0 Å². The molecule has 0 saturated carbocycles. The molecule has 0 spiro atoms. The van der Waals surface area contributed by atoms with Gasteiger partial charge in [-0.15, -0.1) is 0 Å². The molecule has 5 heteroatoms. The summed E-state index contributed by atoms with van der Waals surface area (Å²) >= 11 is 6.24. The van der Waals surface area contributed by atoms with E-state index in [4.69, 9.17) is 21.1 Å². The van der Waals surface area contributed by atoms with E-state index in [9.17, 15) is 0 Å². The minimum atomic E-state index is 0.561. The fourth-order valence-electron chi connectivity index (χ4n) is 2.00. The second-order valence-electron chi connectivity index (χ2n) is 4.64. The van der Waals surface area contributed by atoms with E-state index < -0.39 is 0 Å². The number of halogens is 1. The molecular weight excluding hydrogens is 276 g/mol. The predicted octanol–water partition coefficient (Wildman–Crippen LogP) is 3.43. The highest BCUT2D eigenvalue weighted by molar-refractivity contribution is 6.33. The van der Waals surface area contributed by atoms with Crippen molar-refractivity contribution in [3.8, 4) is 11.5 Å². The van der Waals surface area contributed by atoms with Gasteiger partial charge in [-0.2, -0.15) is 0 Å². The number of ether oxygens (including phenoxy) is 2. The molecule has 20 heavy (non-hydrogen) atoms. The van der Waals surface area contributed by atoms with Crippen LogP contribution in [0.3, 0.4) is 0 Å². The Morgan fingerprint density at radius 2 is 1.95 bits per heavy atom. The average molecular weight is 291 g/mol. The minimum Gasteiger partial charge on any atom is -0.486 e. The van der Waals surface area contributed by atoms with Crippen molar-refractivity contribution in [3.63, 3.8) is 0 Å². The van der Waals surface area contributed by atoms with Gasteiger partial charge in [0.1, 0.15) is 13.2 Å². The lowest BCUT2D eigenvalue weighted by Gasteiger charge is -2.20. The van der Waals surface area contributed by atoms with Gasteiger partial charge in [0.05, 0.1) is 10.7 Å². The monoisotopic (exact) mass is 290 g/mol. The molecule has 1 aromatic carbocycles. The van der Waals surface area contributed by atoms with Crippen molar-refractivity contribution in [1.29, 1.82) is 0 Å². The first-order chi connectivity index (χ1) is 9.72. The summed E-state index contributed by atoms with van der Waals surface area (Å²) < 4.78 is 11.0. The number of anilines is 1. The van der Waals surface area contributed by atoms with Gasteiger partial charge in [-0.25, -0.2) is 0 Å². The lowest BCUT2D eigenvalue weighted by molar-refractivity contribution is 0.171. The number of rotatable bonds is 3. The molecule has 104 valence electrons. The van der Waals surface area contributed by atoms with Crippen LogP contribution in [0.1, 0.15) is 11.3 Å². The largest absolute Gasteiger partial charge is 0.486 e. The molecule has 0 saturated heterocycles. The Bertz CT molecular complexity index is 614. The van der Waals surface area contributed by atoms with E-state index in [0.717, 1.165) is 22.7 Å². The quantitative estimate of drug-likeness (QED) is 0.940. The number of fused-ring (bicyclic) bond motifs is 1. The summed E-state index contributed by atoms with van der Waals surface area (Å²) in [5.74, 6) is 1.42. The summed E-state index contributed by atoms with van der Waals surface area (Å²) in [6.07, 6.45) is 1.86. The lowest BCUT2D eigenvalue weighted by Crippen LogP contribution is -2.15. The fourth-order valence-corrected chi connectivity index (χ4v) is 2.22. The summed E-state index contributed by atoms with van der Waals surface area (Å²) in [7, 11) is 0. The van der Waals surface area contributed by atoms with Crippen molar-refractivity contribution >= 4 is 17.3 Å². The van der Waals surface area contributed by atoms with Crippen LogP contribution in [0.4, 0.5) is 5.69 Å². The van der Waals surface area contributed by atoms with Crippen LogP contribution in [0, 0.1) is 6.92 Å². The third kappa shape index (κ3) is 2.80. The van der Waals surface area contributed by atoms with Gasteiger partial charge in [0.15, 0.2) is 11.5 Å². The number of hydrogen-bond acceptors (Lipinski definition) is 4. The lowest BCUT2D eigenvalue weighted by atomic mass is 10.2. The molecule has 1 aromatic heterocycles. The van der Waals surface area contributed by atoms with E-state index in [1.165, 1.54) is 0 Å². The SMILES string of the molecule is Cc1ccc(CNc2cc3c(cc2Cl)OCCO3)cn1. The van der Waals surface area contributed by atoms with E-state index in [1.54, 1.807) is 6.07 Å². The van der Waals surface area contributed by atoms with Crippen LogP contribution in [0.15, 0.2) is 30.5 Å². The van der Waals surface area contributed by atoms with Crippen molar-refractivity contribution in [3.05, 3.63) is 46.7 Å². The molecule has 0 bridgehead atoms. The Kier molecular flexibility index (Phi) is 3.65. The number of aryl methyl sites for hydroxylation is 1. The Hall–Kier alpha value is -1.94. The summed E-state index contributed by atoms with van der Waals surface area (Å²) in [6, 6.07) is 7.69. The van der Waals surface area contributed by atoms with Gasteiger partial charge in [-0.1, -0.05) is 17.7 Å². The first kappa shape index (κ1) is 13.1. The van der Waals surface area contributed by atoms with Crippen LogP contribution in [0.5, 0.6) is 11.5 Å². The third-order valence-corrected chi connectivity index (χ3v) is 3.40. The van der Waals surface area contributed by atoms with E-state index in [1.807, 2.05) is 31.3 Å². The second kappa shape index (κ2) is 5.59. The third-order valence-electron chi connectivity index (χ3n) is 3.09. The molecule has 4 nitrogen and oxygen atoms in total. The molecule has 0 amide bonds. The molecule has 0 atom stereocenters. The Morgan fingerprint density at radius 1 is 1.20 bits per heavy atom. The van der Waals surface area contributed by atoms with Gasteiger partial charge >= 0.3 is 0 Å². The van der Waals surface area contributed by atoms with Gasteiger partial charge in [0, 0.05) is 30.6 Å². The highest BCUT2D eigenvalue weighted by Gasteiger charge is 2.14. The molecule has 0 unspecified atom stereocenters. The van der Waals surface area contributed by atoms with Crippen molar-refractivity contribution in [2.45, 2.75) is 13.5 Å². The zero-order valence-electron chi connectivity index (χ0n) is 11.1. The molecule has 0 aliphatic carbocycles. The highest BCUT2D eigenvalue weighted by atomic mass is 35.5. The van der Waals surface area contributed by atoms with E-state index in [2.05, 4.69) is 10.3 Å². The number of benzene rings is 1. The van der Waals surface area contributed by atoms with Gasteiger partial charge in [-0.05, 0) is 18.6 Å². The van der Waals surface area contributed by atoms with Gasteiger partial charge < -0.3 is 14.8 Å².